The fourth-order valence-corrected chi connectivity index (χ4v) is 0.847. The van der Waals surface area contributed by atoms with Crippen LogP contribution < -0.4 is 0 Å². The first-order valence-corrected chi connectivity index (χ1v) is 2.96. The van der Waals surface area contributed by atoms with Gasteiger partial charge in [-0.25, -0.2) is 0 Å². The van der Waals surface area contributed by atoms with Gasteiger partial charge in [0.05, 0.1) is 12.8 Å². The largest absolute Gasteiger partial charge is 0.368 e. The first-order chi connectivity index (χ1) is 4.36. The number of ether oxygens (including phenoxy) is 1. The highest BCUT2D eigenvalue weighted by atomic mass is 16.6. The lowest BCUT2D eigenvalue weighted by atomic mass is 10.3. The molecule has 0 spiro atoms. The van der Waals surface area contributed by atoms with Crippen molar-refractivity contribution < 1.29 is 4.74 Å². The first kappa shape index (κ1) is 4.99. The number of hydrogen-bond acceptors (Lipinski definition) is 2. The maximum atomic E-state index is 5.05. The first-order valence-electron chi connectivity index (χ1n) is 2.96. The number of aryl methyl sites for hydroxylation is 1. The summed E-state index contributed by atoms with van der Waals surface area (Å²) in [6.07, 6.45) is 4.17. The Kier molecular flexibility index (Phi) is 0.873. The molecular formula is C6H8N2O. The molecule has 2 rings (SSSR count). The summed E-state index contributed by atoms with van der Waals surface area (Å²) in [7, 11) is 1.91. The minimum absolute atomic E-state index is 0.346. The summed E-state index contributed by atoms with van der Waals surface area (Å²) in [5.74, 6) is 0. The molecule has 0 saturated carbocycles. The predicted octanol–water partition coefficient (Wildman–Crippen LogP) is 0.491. The predicted molar refractivity (Wildman–Crippen MR) is 31.9 cm³/mol. The summed E-state index contributed by atoms with van der Waals surface area (Å²) in [4.78, 5) is 0. The highest BCUT2D eigenvalue weighted by Crippen LogP contribution is 2.28. The third kappa shape index (κ3) is 0.833. The van der Waals surface area contributed by atoms with Crippen LogP contribution in [0.3, 0.4) is 0 Å². The van der Waals surface area contributed by atoms with Crippen molar-refractivity contribution in [2.24, 2.45) is 7.05 Å². The second kappa shape index (κ2) is 1.57. The normalized spacial score (nSPS) is 24.3. The Bertz CT molecular complexity index is 215. The van der Waals surface area contributed by atoms with Crippen LogP contribution in [0.2, 0.25) is 0 Å². The van der Waals surface area contributed by atoms with Gasteiger partial charge < -0.3 is 4.74 Å². The molecule has 0 bridgehead atoms. The van der Waals surface area contributed by atoms with E-state index in [2.05, 4.69) is 5.10 Å². The standard InChI is InChI=1S/C6H8N2O/c1-8-3-5(2-7-8)6-4-9-6/h2-3,6H,4H2,1H3/t6-/m0/s1. The summed E-state index contributed by atoms with van der Waals surface area (Å²) >= 11 is 0. The van der Waals surface area contributed by atoms with E-state index in [-0.39, 0.29) is 0 Å². The Balaban J connectivity index is 2.28. The molecule has 0 aromatic carbocycles. The molecule has 0 unspecified atom stereocenters. The minimum atomic E-state index is 0.346. The molecule has 3 heteroatoms. The third-order valence-corrected chi connectivity index (χ3v) is 1.43. The molecule has 0 aliphatic carbocycles. The molecule has 0 amide bonds. The molecule has 0 N–H and O–H groups in total. The number of epoxide rings is 1. The fraction of sp³-hybridized carbons (Fsp3) is 0.500. The second-order valence-corrected chi connectivity index (χ2v) is 2.27. The Morgan fingerprint density at radius 3 is 3.11 bits per heavy atom. The SMILES string of the molecule is Cn1cc([C@@H]2CO2)cn1. The van der Waals surface area contributed by atoms with E-state index in [1.807, 2.05) is 19.4 Å². The summed E-state index contributed by atoms with van der Waals surface area (Å²) in [5, 5.41) is 4.01. The van der Waals surface area contributed by atoms with Crippen LogP contribution in [0.1, 0.15) is 11.7 Å². The lowest BCUT2D eigenvalue weighted by Gasteiger charge is -1.81. The monoisotopic (exact) mass is 124 g/mol. The Morgan fingerprint density at radius 2 is 2.67 bits per heavy atom. The smallest absolute Gasteiger partial charge is 0.109 e. The van der Waals surface area contributed by atoms with Crippen molar-refractivity contribution in [2.45, 2.75) is 6.10 Å². The molecule has 3 nitrogen and oxygen atoms in total. The van der Waals surface area contributed by atoms with Gasteiger partial charge in [0.25, 0.3) is 0 Å². The second-order valence-electron chi connectivity index (χ2n) is 2.27. The van der Waals surface area contributed by atoms with Crippen LogP contribution in [-0.4, -0.2) is 16.4 Å². The fourth-order valence-electron chi connectivity index (χ4n) is 0.847. The molecule has 1 aromatic heterocycles. The topological polar surface area (TPSA) is 30.4 Å². The van der Waals surface area contributed by atoms with Crippen LogP contribution in [0.5, 0.6) is 0 Å². The van der Waals surface area contributed by atoms with E-state index in [9.17, 15) is 0 Å². The van der Waals surface area contributed by atoms with E-state index in [1.165, 1.54) is 5.56 Å². The zero-order chi connectivity index (χ0) is 6.27. The molecule has 48 valence electrons. The molecule has 1 fully saturated rings. The van der Waals surface area contributed by atoms with Crippen molar-refractivity contribution in [3.05, 3.63) is 18.0 Å². The van der Waals surface area contributed by atoms with E-state index < -0.39 is 0 Å². The molecule has 1 aliphatic rings. The third-order valence-electron chi connectivity index (χ3n) is 1.43. The highest BCUT2D eigenvalue weighted by molar-refractivity contribution is 5.11. The van der Waals surface area contributed by atoms with Gasteiger partial charge >= 0.3 is 0 Å². The Hall–Kier alpha value is -0.830. The zero-order valence-corrected chi connectivity index (χ0v) is 5.24. The van der Waals surface area contributed by atoms with Crippen molar-refractivity contribution >= 4 is 0 Å². The number of rotatable bonds is 1. The lowest BCUT2D eigenvalue weighted by Crippen LogP contribution is -1.84. The van der Waals surface area contributed by atoms with Gasteiger partial charge in [-0.2, -0.15) is 5.10 Å². The summed E-state index contributed by atoms with van der Waals surface area (Å²) < 4.78 is 6.84. The van der Waals surface area contributed by atoms with E-state index in [0.29, 0.717) is 6.10 Å². The molecule has 1 saturated heterocycles. The van der Waals surface area contributed by atoms with Crippen molar-refractivity contribution in [1.82, 2.24) is 9.78 Å². The van der Waals surface area contributed by atoms with E-state index in [0.717, 1.165) is 6.61 Å². The van der Waals surface area contributed by atoms with Crippen molar-refractivity contribution in [2.75, 3.05) is 6.61 Å². The van der Waals surface area contributed by atoms with E-state index in [4.69, 9.17) is 4.74 Å². The van der Waals surface area contributed by atoms with Crippen LogP contribution in [-0.2, 0) is 11.8 Å². The maximum absolute atomic E-state index is 5.05. The van der Waals surface area contributed by atoms with Gasteiger partial charge in [-0.1, -0.05) is 0 Å². The van der Waals surface area contributed by atoms with Gasteiger partial charge in [-0.05, 0) is 0 Å². The Morgan fingerprint density at radius 1 is 1.89 bits per heavy atom. The molecule has 1 aliphatic heterocycles. The lowest BCUT2D eigenvalue weighted by molar-refractivity contribution is 0.415. The van der Waals surface area contributed by atoms with Gasteiger partial charge in [-0.15, -0.1) is 0 Å². The number of nitrogens with zero attached hydrogens (tertiary/aromatic N) is 2. The van der Waals surface area contributed by atoms with Gasteiger partial charge in [0.2, 0.25) is 0 Å². The number of hydrogen-bond donors (Lipinski definition) is 0. The Labute approximate surface area is 53.2 Å². The molecule has 1 aromatic rings. The quantitative estimate of drug-likeness (QED) is 0.510. The van der Waals surface area contributed by atoms with Crippen LogP contribution >= 0.6 is 0 Å². The molecule has 1 atom stereocenters. The van der Waals surface area contributed by atoms with Crippen molar-refractivity contribution in [1.29, 1.82) is 0 Å². The molecular weight excluding hydrogens is 116 g/mol. The molecule has 9 heavy (non-hydrogen) atoms. The highest BCUT2D eigenvalue weighted by Gasteiger charge is 2.25. The van der Waals surface area contributed by atoms with E-state index in [1.54, 1.807) is 4.68 Å². The van der Waals surface area contributed by atoms with Crippen LogP contribution in [0.4, 0.5) is 0 Å². The summed E-state index contributed by atoms with van der Waals surface area (Å²) in [6, 6.07) is 0. The van der Waals surface area contributed by atoms with Gasteiger partial charge in [0.1, 0.15) is 6.10 Å². The van der Waals surface area contributed by atoms with Gasteiger partial charge in [-0.3, -0.25) is 4.68 Å². The molecule has 2 heterocycles. The average molecular weight is 124 g/mol. The van der Waals surface area contributed by atoms with Gasteiger partial charge in [0.15, 0.2) is 0 Å². The van der Waals surface area contributed by atoms with Crippen LogP contribution in [0.25, 0.3) is 0 Å². The minimum Gasteiger partial charge on any atom is -0.368 e. The summed E-state index contributed by atoms with van der Waals surface area (Å²) in [6.45, 7) is 0.867. The van der Waals surface area contributed by atoms with Crippen molar-refractivity contribution in [3.63, 3.8) is 0 Å². The van der Waals surface area contributed by atoms with Crippen LogP contribution in [0, 0.1) is 0 Å². The van der Waals surface area contributed by atoms with Crippen molar-refractivity contribution in [3.8, 4) is 0 Å². The maximum Gasteiger partial charge on any atom is 0.109 e. The van der Waals surface area contributed by atoms with Crippen LogP contribution in [0.15, 0.2) is 12.4 Å². The summed E-state index contributed by atoms with van der Waals surface area (Å²) in [5.41, 5.74) is 1.19. The van der Waals surface area contributed by atoms with E-state index >= 15 is 0 Å². The molecule has 0 radical (unpaired) electrons. The zero-order valence-electron chi connectivity index (χ0n) is 5.24. The average Bonchev–Trinajstić information content (AvgIpc) is 2.58. The van der Waals surface area contributed by atoms with Gasteiger partial charge in [0, 0.05) is 18.8 Å². The number of aromatic nitrogens is 2.